The Morgan fingerprint density at radius 1 is 1.42 bits per heavy atom. The summed E-state index contributed by atoms with van der Waals surface area (Å²) < 4.78 is 24.6. The molecule has 0 radical (unpaired) electrons. The van der Waals surface area contributed by atoms with Crippen molar-refractivity contribution in [3.63, 3.8) is 0 Å². The molecule has 1 aromatic carbocycles. The Kier molecular flexibility index (Phi) is 6.35. The summed E-state index contributed by atoms with van der Waals surface area (Å²) in [6.45, 7) is 4.02. The molecule has 3 rings (SSSR count). The number of hydrogen-bond acceptors (Lipinski definition) is 6. The number of rotatable bonds is 5. The van der Waals surface area contributed by atoms with Gasteiger partial charge in [-0.25, -0.2) is 13.4 Å². The van der Waals surface area contributed by atoms with Crippen molar-refractivity contribution in [2.24, 2.45) is 4.99 Å². The Morgan fingerprint density at radius 2 is 2.19 bits per heavy atom. The second kappa shape index (κ2) is 8.35. The summed E-state index contributed by atoms with van der Waals surface area (Å²) in [6, 6.07) is 7.90. The maximum Gasteiger partial charge on any atom is 0.233 e. The quantitative estimate of drug-likeness (QED) is 0.741. The molecule has 1 aromatic rings. The average Bonchev–Trinajstić information content (AvgIpc) is 2.99. The maximum atomic E-state index is 12.9. The third kappa shape index (κ3) is 4.64. The number of para-hydroxylation sites is 1. The number of sulfone groups is 1. The van der Waals surface area contributed by atoms with Gasteiger partial charge in [0.25, 0.3) is 0 Å². The molecule has 0 spiro atoms. The molecule has 1 saturated heterocycles. The van der Waals surface area contributed by atoms with E-state index in [0.717, 1.165) is 22.2 Å². The molecular formula is C18H24N2O3S3. The van der Waals surface area contributed by atoms with Crippen LogP contribution < -0.4 is 0 Å². The zero-order valence-corrected chi connectivity index (χ0v) is 17.5. The minimum Gasteiger partial charge on any atom is -0.335 e. The summed E-state index contributed by atoms with van der Waals surface area (Å²) in [5, 5.41) is 0. The van der Waals surface area contributed by atoms with E-state index >= 15 is 0 Å². The molecule has 2 aliphatic rings. The van der Waals surface area contributed by atoms with Gasteiger partial charge in [-0.15, -0.1) is 0 Å². The molecule has 1 amide bonds. The zero-order valence-electron chi connectivity index (χ0n) is 15.1. The Hall–Kier alpha value is -0.990. The van der Waals surface area contributed by atoms with Gasteiger partial charge >= 0.3 is 0 Å². The molecule has 5 nitrogen and oxygen atoms in total. The van der Waals surface area contributed by atoms with Crippen molar-refractivity contribution in [2.45, 2.75) is 44.5 Å². The van der Waals surface area contributed by atoms with Gasteiger partial charge in [-0.1, -0.05) is 48.6 Å². The normalized spacial score (nSPS) is 22.4. The number of nitrogens with zero attached hydrogens (tertiary/aromatic N) is 2. The maximum absolute atomic E-state index is 12.9. The molecule has 26 heavy (non-hydrogen) atoms. The lowest BCUT2D eigenvalue weighted by atomic mass is 10.1. The summed E-state index contributed by atoms with van der Waals surface area (Å²) in [4.78, 5) is 19.3. The molecular weight excluding hydrogens is 388 g/mol. The highest BCUT2D eigenvalue weighted by atomic mass is 32.2. The van der Waals surface area contributed by atoms with Crippen LogP contribution >= 0.6 is 23.5 Å². The van der Waals surface area contributed by atoms with Crippen LogP contribution in [0.2, 0.25) is 0 Å². The molecule has 2 atom stereocenters. The standard InChI is InChI=1S/C18H24N2O3S3/c1-3-13(2)20(15-8-9-26(22,23)12-15)17(21)11-25-18-19-16-7-5-4-6-14(16)10-24-18/h4-7,13,15H,3,8-12H2,1-2H3/t13-,15-/m0/s1. The van der Waals surface area contributed by atoms with Crippen molar-refractivity contribution in [3.05, 3.63) is 29.8 Å². The predicted octanol–water partition coefficient (Wildman–Crippen LogP) is 3.47. The zero-order chi connectivity index (χ0) is 18.7. The Morgan fingerprint density at radius 3 is 2.88 bits per heavy atom. The Balaban J connectivity index is 1.66. The van der Waals surface area contributed by atoms with Crippen LogP contribution in [-0.2, 0) is 20.4 Å². The number of carbonyl (C=O) groups is 1. The monoisotopic (exact) mass is 412 g/mol. The summed E-state index contributed by atoms with van der Waals surface area (Å²) in [7, 11) is -3.01. The van der Waals surface area contributed by atoms with Gasteiger partial charge in [0.15, 0.2) is 9.84 Å². The first-order valence-electron chi connectivity index (χ1n) is 8.83. The van der Waals surface area contributed by atoms with Crippen molar-refractivity contribution in [1.82, 2.24) is 4.90 Å². The summed E-state index contributed by atoms with van der Waals surface area (Å²) in [5.74, 6) is 1.45. The van der Waals surface area contributed by atoms with Gasteiger partial charge in [0, 0.05) is 17.8 Å². The van der Waals surface area contributed by atoms with E-state index in [2.05, 4.69) is 11.1 Å². The molecule has 0 aliphatic carbocycles. The molecule has 0 unspecified atom stereocenters. The van der Waals surface area contributed by atoms with Gasteiger partial charge in [-0.2, -0.15) is 0 Å². The molecule has 8 heteroatoms. The van der Waals surface area contributed by atoms with Crippen molar-refractivity contribution < 1.29 is 13.2 Å². The fraction of sp³-hybridized carbons (Fsp3) is 0.556. The number of hydrogen-bond donors (Lipinski definition) is 0. The number of fused-ring (bicyclic) bond motifs is 1. The number of thioether (sulfide) groups is 2. The lowest BCUT2D eigenvalue weighted by Gasteiger charge is -2.33. The Bertz CT molecular complexity index is 808. The first kappa shape index (κ1) is 19.8. The minimum absolute atomic E-state index is 0.00797. The fourth-order valence-electron chi connectivity index (χ4n) is 3.28. The largest absolute Gasteiger partial charge is 0.335 e. The first-order chi connectivity index (χ1) is 12.4. The average molecular weight is 413 g/mol. The molecule has 0 saturated carbocycles. The van der Waals surface area contributed by atoms with E-state index < -0.39 is 9.84 Å². The molecule has 2 heterocycles. The van der Waals surface area contributed by atoms with E-state index in [1.807, 2.05) is 32.0 Å². The van der Waals surface area contributed by atoms with Crippen LogP contribution in [0.1, 0.15) is 32.3 Å². The number of benzene rings is 1. The smallest absolute Gasteiger partial charge is 0.233 e. The minimum atomic E-state index is -3.01. The van der Waals surface area contributed by atoms with E-state index in [9.17, 15) is 13.2 Å². The second-order valence-corrected chi connectivity index (χ2v) is 11.1. The summed E-state index contributed by atoms with van der Waals surface area (Å²) >= 11 is 3.11. The van der Waals surface area contributed by atoms with Crippen molar-refractivity contribution in [3.8, 4) is 0 Å². The van der Waals surface area contributed by atoms with Crippen molar-refractivity contribution in [1.29, 1.82) is 0 Å². The van der Waals surface area contributed by atoms with Gasteiger partial charge in [0.1, 0.15) is 4.38 Å². The SMILES string of the molecule is CC[C@H](C)N(C(=O)CSC1=Nc2ccccc2CS1)[C@H]1CCS(=O)(=O)C1. The lowest BCUT2D eigenvalue weighted by Crippen LogP contribution is -2.47. The number of amides is 1. The highest BCUT2D eigenvalue weighted by Crippen LogP contribution is 2.34. The molecule has 1 fully saturated rings. The van der Waals surface area contributed by atoms with Gasteiger partial charge in [0.05, 0.1) is 22.9 Å². The van der Waals surface area contributed by atoms with Gasteiger partial charge < -0.3 is 4.90 Å². The molecule has 0 aromatic heterocycles. The van der Waals surface area contributed by atoms with Gasteiger partial charge in [-0.3, -0.25) is 4.79 Å². The third-order valence-corrected chi connectivity index (χ3v) is 8.81. The van der Waals surface area contributed by atoms with Crippen LogP contribution in [-0.4, -0.2) is 52.9 Å². The Labute approximate surface area is 163 Å². The van der Waals surface area contributed by atoms with E-state index in [1.165, 1.54) is 17.3 Å². The number of carbonyl (C=O) groups excluding carboxylic acids is 1. The van der Waals surface area contributed by atoms with Crippen LogP contribution in [0.3, 0.4) is 0 Å². The summed E-state index contributed by atoms with van der Waals surface area (Å²) in [6.07, 6.45) is 1.36. The van der Waals surface area contributed by atoms with Crippen LogP contribution in [0.4, 0.5) is 5.69 Å². The first-order valence-corrected chi connectivity index (χ1v) is 12.6. The van der Waals surface area contributed by atoms with E-state index in [4.69, 9.17) is 0 Å². The highest BCUT2D eigenvalue weighted by molar-refractivity contribution is 8.38. The predicted molar refractivity (Wildman–Crippen MR) is 111 cm³/mol. The molecule has 0 bridgehead atoms. The molecule has 142 valence electrons. The number of aliphatic imine (C=N–C) groups is 1. The summed E-state index contributed by atoms with van der Waals surface area (Å²) in [5.41, 5.74) is 2.19. The second-order valence-electron chi connectivity index (χ2n) is 6.70. The lowest BCUT2D eigenvalue weighted by molar-refractivity contribution is -0.132. The van der Waals surface area contributed by atoms with Crippen LogP contribution in [0.25, 0.3) is 0 Å². The fourth-order valence-corrected chi connectivity index (χ4v) is 6.93. The third-order valence-electron chi connectivity index (χ3n) is 4.83. The molecule has 0 N–H and O–H groups in total. The van der Waals surface area contributed by atoms with Crippen LogP contribution in [0.5, 0.6) is 0 Å². The van der Waals surface area contributed by atoms with Crippen LogP contribution in [0.15, 0.2) is 29.3 Å². The van der Waals surface area contributed by atoms with Gasteiger partial charge in [-0.05, 0) is 31.4 Å². The van der Waals surface area contributed by atoms with Crippen LogP contribution in [0, 0.1) is 0 Å². The van der Waals surface area contributed by atoms with E-state index in [0.29, 0.717) is 12.2 Å². The molecule has 2 aliphatic heterocycles. The van der Waals surface area contributed by atoms with E-state index in [1.54, 1.807) is 16.7 Å². The van der Waals surface area contributed by atoms with Crippen molar-refractivity contribution in [2.75, 3.05) is 17.3 Å². The van der Waals surface area contributed by atoms with E-state index in [-0.39, 0.29) is 29.5 Å². The van der Waals surface area contributed by atoms with Gasteiger partial charge in [0.2, 0.25) is 5.91 Å². The van der Waals surface area contributed by atoms with Crippen molar-refractivity contribution >= 4 is 49.3 Å². The topological polar surface area (TPSA) is 66.8 Å². The highest BCUT2D eigenvalue weighted by Gasteiger charge is 2.36.